The van der Waals surface area contributed by atoms with E-state index in [1.54, 1.807) is 41.5 Å². The number of nitrogens with one attached hydrogen (secondary N) is 2. The summed E-state index contributed by atoms with van der Waals surface area (Å²) in [5.74, 6) is -0.672. The van der Waals surface area contributed by atoms with Crippen LogP contribution in [-0.4, -0.2) is 51.1 Å². The lowest BCUT2D eigenvalue weighted by molar-refractivity contribution is -0.131. The van der Waals surface area contributed by atoms with E-state index in [2.05, 4.69) is 10.6 Å². The minimum atomic E-state index is -1.09. The van der Waals surface area contributed by atoms with Crippen molar-refractivity contribution in [2.45, 2.75) is 64.6 Å². The molecule has 1 saturated heterocycles. The van der Waals surface area contributed by atoms with Crippen molar-refractivity contribution in [3.63, 3.8) is 0 Å². The molecule has 0 spiro atoms. The predicted octanol–water partition coefficient (Wildman–Crippen LogP) is 0.373. The van der Waals surface area contributed by atoms with E-state index in [4.69, 9.17) is 0 Å². The smallest absolute Gasteiger partial charge is 0.325 e. The van der Waals surface area contributed by atoms with Crippen molar-refractivity contribution in [3.8, 4) is 0 Å². The quantitative estimate of drug-likeness (QED) is 0.639. The van der Waals surface area contributed by atoms with Crippen LogP contribution >= 0.6 is 0 Å². The third kappa shape index (κ3) is 3.72. The summed E-state index contributed by atoms with van der Waals surface area (Å²) in [6.07, 6.45) is -0.00521. The number of rotatable bonds is 5. The van der Waals surface area contributed by atoms with E-state index in [0.717, 1.165) is 4.90 Å². The lowest BCUT2D eigenvalue weighted by Gasteiger charge is -2.38. The summed E-state index contributed by atoms with van der Waals surface area (Å²) in [5.41, 5.74) is -2.84. The molecule has 1 heterocycles. The standard InChI is InChI=1S/C14H25N3O4/c1-12(2)10(19)17(11(20)16-12)8-7-9(18)15-13(3,4)14(5,6)21/h21H,7-8H2,1-6H3,(H,15,18)(H,16,20). The summed E-state index contributed by atoms with van der Waals surface area (Å²) in [6.45, 7) is 9.88. The monoisotopic (exact) mass is 299 g/mol. The summed E-state index contributed by atoms with van der Waals surface area (Å²) >= 11 is 0. The highest BCUT2D eigenvalue weighted by Gasteiger charge is 2.44. The topological polar surface area (TPSA) is 98.7 Å². The molecule has 0 aromatic rings. The first-order valence-electron chi connectivity index (χ1n) is 6.95. The molecule has 0 aromatic carbocycles. The molecular formula is C14H25N3O4. The lowest BCUT2D eigenvalue weighted by atomic mass is 9.86. The first-order chi connectivity index (χ1) is 9.28. The number of hydrogen-bond donors (Lipinski definition) is 3. The second-order valence-electron chi connectivity index (χ2n) is 6.99. The zero-order chi connectivity index (χ0) is 16.6. The fraction of sp³-hybridized carbons (Fsp3) is 0.786. The van der Waals surface area contributed by atoms with Crippen LogP contribution in [0.1, 0.15) is 48.0 Å². The van der Waals surface area contributed by atoms with Crippen LogP contribution in [0.25, 0.3) is 0 Å². The normalized spacial score (nSPS) is 18.7. The minimum absolute atomic E-state index is 0.00521. The number of aliphatic hydroxyl groups is 1. The van der Waals surface area contributed by atoms with E-state index in [1.807, 2.05) is 0 Å². The van der Waals surface area contributed by atoms with Crippen molar-refractivity contribution in [2.24, 2.45) is 0 Å². The Morgan fingerprint density at radius 3 is 2.19 bits per heavy atom. The first-order valence-corrected chi connectivity index (χ1v) is 6.95. The number of urea groups is 1. The van der Waals surface area contributed by atoms with Gasteiger partial charge in [-0.15, -0.1) is 0 Å². The van der Waals surface area contributed by atoms with Gasteiger partial charge in [0.15, 0.2) is 0 Å². The third-order valence-electron chi connectivity index (χ3n) is 3.99. The highest BCUT2D eigenvalue weighted by Crippen LogP contribution is 2.21. The molecule has 7 nitrogen and oxygen atoms in total. The van der Waals surface area contributed by atoms with Crippen LogP contribution in [0.5, 0.6) is 0 Å². The molecule has 0 aromatic heterocycles. The maximum absolute atomic E-state index is 12.0. The molecule has 0 aliphatic carbocycles. The zero-order valence-electron chi connectivity index (χ0n) is 13.5. The van der Waals surface area contributed by atoms with Gasteiger partial charge in [0.1, 0.15) is 5.54 Å². The average molecular weight is 299 g/mol. The van der Waals surface area contributed by atoms with Gasteiger partial charge in [0.25, 0.3) is 5.91 Å². The van der Waals surface area contributed by atoms with E-state index in [1.165, 1.54) is 0 Å². The van der Waals surface area contributed by atoms with Crippen LogP contribution in [0.15, 0.2) is 0 Å². The molecule has 0 atom stereocenters. The van der Waals surface area contributed by atoms with Crippen LogP contribution in [0.3, 0.4) is 0 Å². The van der Waals surface area contributed by atoms with Gasteiger partial charge in [-0.3, -0.25) is 14.5 Å². The molecule has 1 aliphatic heterocycles. The Morgan fingerprint density at radius 2 is 1.81 bits per heavy atom. The number of hydrogen-bond acceptors (Lipinski definition) is 4. The summed E-state index contributed by atoms with van der Waals surface area (Å²) in [4.78, 5) is 36.6. The van der Waals surface area contributed by atoms with Crippen molar-refractivity contribution in [1.29, 1.82) is 0 Å². The Kier molecular flexibility index (Phi) is 4.39. The van der Waals surface area contributed by atoms with Gasteiger partial charge in [0, 0.05) is 13.0 Å². The minimum Gasteiger partial charge on any atom is -0.388 e. The van der Waals surface area contributed by atoms with Crippen LogP contribution in [0.4, 0.5) is 4.79 Å². The maximum atomic E-state index is 12.0. The summed E-state index contributed by atoms with van der Waals surface area (Å²) in [6, 6.07) is -0.487. The molecule has 0 unspecified atom stereocenters. The van der Waals surface area contributed by atoms with Gasteiger partial charge >= 0.3 is 6.03 Å². The number of imide groups is 1. The van der Waals surface area contributed by atoms with E-state index in [0.29, 0.717) is 0 Å². The summed E-state index contributed by atoms with van der Waals surface area (Å²) in [7, 11) is 0. The van der Waals surface area contributed by atoms with Gasteiger partial charge in [-0.1, -0.05) is 0 Å². The van der Waals surface area contributed by atoms with Crippen molar-refractivity contribution in [1.82, 2.24) is 15.5 Å². The van der Waals surface area contributed by atoms with Crippen LogP contribution in [0.2, 0.25) is 0 Å². The van der Waals surface area contributed by atoms with Crippen molar-refractivity contribution >= 4 is 17.8 Å². The van der Waals surface area contributed by atoms with Crippen molar-refractivity contribution in [2.75, 3.05) is 6.54 Å². The molecule has 21 heavy (non-hydrogen) atoms. The molecule has 1 aliphatic rings. The summed E-state index contributed by atoms with van der Waals surface area (Å²) < 4.78 is 0. The average Bonchev–Trinajstić information content (AvgIpc) is 2.44. The highest BCUT2D eigenvalue weighted by molar-refractivity contribution is 6.06. The molecule has 120 valence electrons. The van der Waals surface area contributed by atoms with Crippen LogP contribution < -0.4 is 10.6 Å². The first kappa shape index (κ1) is 17.4. The molecule has 1 fully saturated rings. The molecular weight excluding hydrogens is 274 g/mol. The number of carbonyl (C=O) groups excluding carboxylic acids is 3. The zero-order valence-corrected chi connectivity index (χ0v) is 13.5. The van der Waals surface area contributed by atoms with Gasteiger partial charge in [0.2, 0.25) is 5.91 Å². The second-order valence-corrected chi connectivity index (χ2v) is 6.99. The van der Waals surface area contributed by atoms with Gasteiger partial charge in [-0.2, -0.15) is 0 Å². The molecule has 1 rings (SSSR count). The van der Waals surface area contributed by atoms with Gasteiger partial charge in [-0.25, -0.2) is 4.79 Å². The number of nitrogens with zero attached hydrogens (tertiary/aromatic N) is 1. The van der Waals surface area contributed by atoms with Gasteiger partial charge < -0.3 is 15.7 Å². The largest absolute Gasteiger partial charge is 0.388 e. The fourth-order valence-corrected chi connectivity index (χ4v) is 1.80. The summed E-state index contributed by atoms with van der Waals surface area (Å²) in [5, 5.41) is 15.3. The molecule has 4 amide bonds. The van der Waals surface area contributed by atoms with Crippen LogP contribution in [0, 0.1) is 0 Å². The Labute approximate surface area is 125 Å². The molecule has 7 heteroatoms. The predicted molar refractivity (Wildman–Crippen MR) is 77.5 cm³/mol. The fourth-order valence-electron chi connectivity index (χ4n) is 1.80. The Balaban J connectivity index is 2.59. The third-order valence-corrected chi connectivity index (χ3v) is 3.99. The molecule has 3 N–H and O–H groups in total. The number of amides is 4. The Bertz CT molecular complexity index is 463. The molecule has 0 radical (unpaired) electrons. The molecule has 0 bridgehead atoms. The lowest BCUT2D eigenvalue weighted by Crippen LogP contribution is -2.58. The van der Waals surface area contributed by atoms with Crippen LogP contribution in [-0.2, 0) is 9.59 Å². The van der Waals surface area contributed by atoms with E-state index < -0.39 is 22.7 Å². The van der Waals surface area contributed by atoms with E-state index in [9.17, 15) is 19.5 Å². The maximum Gasteiger partial charge on any atom is 0.325 e. The van der Waals surface area contributed by atoms with E-state index >= 15 is 0 Å². The Hall–Kier alpha value is -1.63. The van der Waals surface area contributed by atoms with Gasteiger partial charge in [0.05, 0.1) is 11.1 Å². The van der Waals surface area contributed by atoms with Gasteiger partial charge in [-0.05, 0) is 41.5 Å². The highest BCUT2D eigenvalue weighted by atomic mass is 16.3. The second kappa shape index (κ2) is 5.29. The van der Waals surface area contributed by atoms with Crippen molar-refractivity contribution < 1.29 is 19.5 Å². The van der Waals surface area contributed by atoms with Crippen molar-refractivity contribution in [3.05, 3.63) is 0 Å². The molecule has 0 saturated carbocycles. The Morgan fingerprint density at radius 1 is 1.29 bits per heavy atom. The SMILES string of the molecule is CC1(C)NC(=O)N(CCC(=O)NC(C)(C)C(C)(C)O)C1=O. The van der Waals surface area contributed by atoms with E-state index in [-0.39, 0.29) is 24.8 Å². The number of carbonyl (C=O) groups is 3.